The Morgan fingerprint density at radius 3 is 2.44 bits per heavy atom. The highest BCUT2D eigenvalue weighted by Gasteiger charge is 2.24. The quantitative estimate of drug-likeness (QED) is 0.707. The van der Waals surface area contributed by atoms with Gasteiger partial charge in [0.1, 0.15) is 0 Å². The molecule has 1 unspecified atom stereocenters. The molecule has 0 amide bonds. The zero-order chi connectivity index (χ0) is 12.4. The average molecular weight is 235 g/mol. The zero-order valence-electron chi connectivity index (χ0n) is 10.6. The SMILES string of the molecule is CN=C1CCC(c2ccccc2)c2ccccc21. The van der Waals surface area contributed by atoms with Crippen LogP contribution in [0.25, 0.3) is 0 Å². The van der Waals surface area contributed by atoms with Crippen molar-refractivity contribution in [1.82, 2.24) is 0 Å². The lowest BCUT2D eigenvalue weighted by atomic mass is 9.78. The van der Waals surface area contributed by atoms with Gasteiger partial charge in [-0.05, 0) is 29.5 Å². The molecule has 0 fully saturated rings. The monoisotopic (exact) mass is 235 g/mol. The second-order valence-electron chi connectivity index (χ2n) is 4.76. The third-order valence-electron chi connectivity index (χ3n) is 3.79. The molecule has 0 saturated carbocycles. The summed E-state index contributed by atoms with van der Waals surface area (Å²) in [5, 5.41) is 0. The van der Waals surface area contributed by atoms with Gasteiger partial charge in [0, 0.05) is 18.7 Å². The lowest BCUT2D eigenvalue weighted by Crippen LogP contribution is -2.17. The fourth-order valence-corrected chi connectivity index (χ4v) is 2.90. The van der Waals surface area contributed by atoms with Gasteiger partial charge < -0.3 is 0 Å². The van der Waals surface area contributed by atoms with E-state index in [2.05, 4.69) is 59.6 Å². The second kappa shape index (κ2) is 4.77. The Morgan fingerprint density at radius 2 is 1.67 bits per heavy atom. The standard InChI is InChI=1S/C17H17N/c1-18-17-12-11-14(13-7-3-2-4-8-13)15-9-5-6-10-16(15)17/h2-10,14H,11-12H2,1H3. The molecule has 1 heteroatoms. The van der Waals surface area contributed by atoms with E-state index in [9.17, 15) is 0 Å². The molecule has 0 saturated heterocycles. The maximum atomic E-state index is 4.43. The van der Waals surface area contributed by atoms with Crippen LogP contribution in [0.15, 0.2) is 59.6 Å². The zero-order valence-corrected chi connectivity index (χ0v) is 10.6. The first-order valence-electron chi connectivity index (χ1n) is 6.50. The number of fused-ring (bicyclic) bond motifs is 1. The lowest BCUT2D eigenvalue weighted by molar-refractivity contribution is 0.722. The Hall–Kier alpha value is -1.89. The predicted octanol–water partition coefficient (Wildman–Crippen LogP) is 4.03. The van der Waals surface area contributed by atoms with Crippen LogP contribution in [0.3, 0.4) is 0 Å². The van der Waals surface area contributed by atoms with Crippen molar-refractivity contribution in [3.05, 3.63) is 71.3 Å². The number of rotatable bonds is 1. The molecule has 0 aliphatic heterocycles. The average Bonchev–Trinajstić information content (AvgIpc) is 2.47. The van der Waals surface area contributed by atoms with E-state index in [-0.39, 0.29) is 0 Å². The molecule has 90 valence electrons. The minimum atomic E-state index is 0.521. The van der Waals surface area contributed by atoms with E-state index in [0.717, 1.165) is 12.8 Å². The molecule has 0 aromatic heterocycles. The van der Waals surface area contributed by atoms with Gasteiger partial charge in [-0.2, -0.15) is 0 Å². The highest BCUT2D eigenvalue weighted by Crippen LogP contribution is 2.36. The van der Waals surface area contributed by atoms with Crippen molar-refractivity contribution in [2.45, 2.75) is 18.8 Å². The Morgan fingerprint density at radius 1 is 0.944 bits per heavy atom. The van der Waals surface area contributed by atoms with Crippen LogP contribution in [0.5, 0.6) is 0 Å². The first-order valence-corrected chi connectivity index (χ1v) is 6.50. The third-order valence-corrected chi connectivity index (χ3v) is 3.79. The smallest absolute Gasteiger partial charge is 0.0420 e. The molecular formula is C17H17N. The normalized spacial score (nSPS) is 20.7. The van der Waals surface area contributed by atoms with Gasteiger partial charge in [-0.15, -0.1) is 0 Å². The van der Waals surface area contributed by atoms with E-state index in [1.807, 2.05) is 7.05 Å². The van der Waals surface area contributed by atoms with Crippen molar-refractivity contribution in [3.8, 4) is 0 Å². The maximum Gasteiger partial charge on any atom is 0.0420 e. The number of hydrogen-bond donors (Lipinski definition) is 0. The molecule has 0 heterocycles. The number of hydrogen-bond acceptors (Lipinski definition) is 1. The number of benzene rings is 2. The minimum absolute atomic E-state index is 0.521. The summed E-state index contributed by atoms with van der Waals surface area (Å²) in [6.45, 7) is 0. The lowest BCUT2D eigenvalue weighted by Gasteiger charge is -2.27. The van der Waals surface area contributed by atoms with Gasteiger partial charge in [-0.3, -0.25) is 4.99 Å². The van der Waals surface area contributed by atoms with Crippen molar-refractivity contribution in [2.24, 2.45) is 4.99 Å². The molecule has 1 aliphatic carbocycles. The maximum absolute atomic E-state index is 4.43. The van der Waals surface area contributed by atoms with Crippen molar-refractivity contribution in [3.63, 3.8) is 0 Å². The van der Waals surface area contributed by atoms with Gasteiger partial charge in [0.15, 0.2) is 0 Å². The van der Waals surface area contributed by atoms with Crippen LogP contribution in [0.1, 0.15) is 35.4 Å². The fraction of sp³-hybridized carbons (Fsp3) is 0.235. The molecule has 0 radical (unpaired) electrons. The topological polar surface area (TPSA) is 12.4 Å². The minimum Gasteiger partial charge on any atom is -0.292 e. The van der Waals surface area contributed by atoms with Gasteiger partial charge in [0.2, 0.25) is 0 Å². The van der Waals surface area contributed by atoms with Gasteiger partial charge in [0.05, 0.1) is 0 Å². The number of aliphatic imine (C=N–C) groups is 1. The van der Waals surface area contributed by atoms with Crippen molar-refractivity contribution >= 4 is 5.71 Å². The van der Waals surface area contributed by atoms with Crippen LogP contribution >= 0.6 is 0 Å². The molecule has 0 bridgehead atoms. The largest absolute Gasteiger partial charge is 0.292 e. The van der Waals surface area contributed by atoms with Gasteiger partial charge >= 0.3 is 0 Å². The summed E-state index contributed by atoms with van der Waals surface area (Å²) in [6, 6.07) is 19.5. The van der Waals surface area contributed by atoms with Crippen LogP contribution in [-0.4, -0.2) is 12.8 Å². The Labute approximate surface area is 108 Å². The Kier molecular flexibility index (Phi) is 2.97. The molecular weight excluding hydrogens is 218 g/mol. The summed E-state index contributed by atoms with van der Waals surface area (Å²) >= 11 is 0. The van der Waals surface area contributed by atoms with Crippen LogP contribution in [0.4, 0.5) is 0 Å². The highest BCUT2D eigenvalue weighted by atomic mass is 14.7. The Bertz CT molecular complexity index is 569. The van der Waals surface area contributed by atoms with Gasteiger partial charge in [-0.1, -0.05) is 54.6 Å². The summed E-state index contributed by atoms with van der Waals surface area (Å²) in [7, 11) is 1.90. The van der Waals surface area contributed by atoms with E-state index < -0.39 is 0 Å². The molecule has 0 N–H and O–H groups in total. The molecule has 0 spiro atoms. The van der Waals surface area contributed by atoms with Gasteiger partial charge in [0.25, 0.3) is 0 Å². The molecule has 1 atom stereocenters. The summed E-state index contributed by atoms with van der Waals surface area (Å²) in [5.74, 6) is 0.521. The molecule has 2 aromatic carbocycles. The molecule has 18 heavy (non-hydrogen) atoms. The first-order chi connectivity index (χ1) is 8.90. The van der Waals surface area contributed by atoms with Crippen LogP contribution in [0, 0.1) is 0 Å². The van der Waals surface area contributed by atoms with Gasteiger partial charge in [-0.25, -0.2) is 0 Å². The third kappa shape index (κ3) is 1.86. The predicted molar refractivity (Wildman–Crippen MR) is 76.4 cm³/mol. The fourth-order valence-electron chi connectivity index (χ4n) is 2.90. The van der Waals surface area contributed by atoms with E-state index >= 15 is 0 Å². The second-order valence-corrected chi connectivity index (χ2v) is 4.76. The van der Waals surface area contributed by atoms with Crippen molar-refractivity contribution < 1.29 is 0 Å². The Balaban J connectivity index is 2.10. The highest BCUT2D eigenvalue weighted by molar-refractivity contribution is 6.03. The first kappa shape index (κ1) is 11.2. The van der Waals surface area contributed by atoms with E-state index in [4.69, 9.17) is 0 Å². The van der Waals surface area contributed by atoms with Crippen molar-refractivity contribution in [1.29, 1.82) is 0 Å². The van der Waals surface area contributed by atoms with Crippen LogP contribution in [-0.2, 0) is 0 Å². The van der Waals surface area contributed by atoms with Crippen LogP contribution in [0.2, 0.25) is 0 Å². The molecule has 3 rings (SSSR count). The summed E-state index contributed by atoms with van der Waals surface area (Å²) < 4.78 is 0. The summed E-state index contributed by atoms with van der Waals surface area (Å²) in [5.41, 5.74) is 5.42. The number of nitrogens with zero attached hydrogens (tertiary/aromatic N) is 1. The summed E-state index contributed by atoms with van der Waals surface area (Å²) in [4.78, 5) is 4.43. The van der Waals surface area contributed by atoms with Crippen LogP contribution < -0.4 is 0 Å². The van der Waals surface area contributed by atoms with E-state index in [1.165, 1.54) is 22.4 Å². The summed E-state index contributed by atoms with van der Waals surface area (Å²) in [6.07, 6.45) is 2.24. The molecule has 1 aliphatic rings. The molecule has 2 aromatic rings. The van der Waals surface area contributed by atoms with E-state index in [0.29, 0.717) is 5.92 Å². The van der Waals surface area contributed by atoms with Crippen molar-refractivity contribution in [2.75, 3.05) is 7.05 Å². The van der Waals surface area contributed by atoms with E-state index in [1.54, 1.807) is 0 Å². The molecule has 1 nitrogen and oxygen atoms in total.